The first-order chi connectivity index (χ1) is 13.4. The molecule has 0 aliphatic carbocycles. The lowest BCUT2D eigenvalue weighted by molar-refractivity contribution is 0.101. The second-order valence-electron chi connectivity index (χ2n) is 6.63. The van der Waals surface area contributed by atoms with Crippen LogP contribution in [0.2, 0.25) is 5.02 Å². The molecule has 2 aromatic rings. The molecule has 0 amide bonds. The Morgan fingerprint density at radius 2 is 1.61 bits per heavy atom. The number of thioether (sulfide) groups is 1. The third-order valence-corrected chi connectivity index (χ3v) is 7.88. The van der Waals surface area contributed by atoms with Gasteiger partial charge in [0.15, 0.2) is 5.78 Å². The smallest absolute Gasteiger partial charge is 0.243 e. The molecule has 8 heteroatoms. The van der Waals surface area contributed by atoms with E-state index in [1.165, 1.54) is 28.3 Å². The van der Waals surface area contributed by atoms with E-state index in [4.69, 9.17) is 11.6 Å². The van der Waals surface area contributed by atoms with Crippen molar-refractivity contribution >= 4 is 39.2 Å². The molecule has 2 aromatic carbocycles. The number of halogens is 1. The normalized spacial score (nSPS) is 16.2. The summed E-state index contributed by atoms with van der Waals surface area (Å²) in [4.78, 5) is 15.1. The molecule has 1 aliphatic heterocycles. The van der Waals surface area contributed by atoms with Crippen LogP contribution in [0.5, 0.6) is 0 Å². The Balaban J connectivity index is 1.49. The predicted molar refractivity (Wildman–Crippen MR) is 114 cm³/mol. The molecule has 0 radical (unpaired) electrons. The zero-order chi connectivity index (χ0) is 20.1. The standard InChI is InChI=1S/C20H23ClN2O3S2/c1-16(24)17-2-8-20(9-3-17)28(25,26)23-12-10-22(11-13-23)14-15-27-19-6-4-18(21)5-7-19/h2-9H,10-15H2,1H3. The second-order valence-corrected chi connectivity index (χ2v) is 10.2. The summed E-state index contributed by atoms with van der Waals surface area (Å²) in [6.07, 6.45) is 0. The minimum absolute atomic E-state index is 0.0750. The molecule has 1 saturated heterocycles. The maximum atomic E-state index is 12.8. The molecule has 28 heavy (non-hydrogen) atoms. The van der Waals surface area contributed by atoms with Crippen LogP contribution in [0.25, 0.3) is 0 Å². The van der Waals surface area contributed by atoms with Gasteiger partial charge in [0, 0.05) is 54.0 Å². The number of hydrogen-bond donors (Lipinski definition) is 0. The van der Waals surface area contributed by atoms with Gasteiger partial charge in [-0.1, -0.05) is 23.7 Å². The topological polar surface area (TPSA) is 57.7 Å². The van der Waals surface area contributed by atoms with E-state index in [9.17, 15) is 13.2 Å². The van der Waals surface area contributed by atoms with Crippen LogP contribution in [0.15, 0.2) is 58.3 Å². The second kappa shape index (κ2) is 9.41. The van der Waals surface area contributed by atoms with Crippen LogP contribution in [0.3, 0.4) is 0 Å². The highest BCUT2D eigenvalue weighted by atomic mass is 35.5. The number of ketones is 1. The first-order valence-electron chi connectivity index (χ1n) is 9.08. The molecule has 0 atom stereocenters. The van der Waals surface area contributed by atoms with E-state index in [1.54, 1.807) is 23.9 Å². The number of benzene rings is 2. The number of carbonyl (C=O) groups is 1. The van der Waals surface area contributed by atoms with Crippen molar-refractivity contribution in [2.75, 3.05) is 38.5 Å². The molecule has 0 bridgehead atoms. The molecule has 1 fully saturated rings. The maximum Gasteiger partial charge on any atom is 0.243 e. The summed E-state index contributed by atoms with van der Waals surface area (Å²) in [6.45, 7) is 4.76. The van der Waals surface area contributed by atoms with Gasteiger partial charge in [0.05, 0.1) is 4.90 Å². The van der Waals surface area contributed by atoms with E-state index in [2.05, 4.69) is 4.90 Å². The first-order valence-corrected chi connectivity index (χ1v) is 11.9. The number of carbonyl (C=O) groups excluding carboxylic acids is 1. The Morgan fingerprint density at radius 3 is 2.18 bits per heavy atom. The fraction of sp³-hybridized carbons (Fsp3) is 0.350. The Labute approximate surface area is 175 Å². The van der Waals surface area contributed by atoms with Gasteiger partial charge in [0.25, 0.3) is 0 Å². The number of nitrogens with zero attached hydrogens (tertiary/aromatic N) is 2. The van der Waals surface area contributed by atoms with E-state index >= 15 is 0 Å². The zero-order valence-corrected chi connectivity index (χ0v) is 18.1. The number of sulfonamides is 1. The molecule has 0 saturated carbocycles. The molecule has 0 aromatic heterocycles. The van der Waals surface area contributed by atoms with Crippen molar-refractivity contribution in [1.29, 1.82) is 0 Å². The maximum absolute atomic E-state index is 12.8. The number of rotatable bonds is 7. The van der Waals surface area contributed by atoms with Crippen LogP contribution >= 0.6 is 23.4 Å². The molecule has 3 rings (SSSR count). The van der Waals surface area contributed by atoms with Crippen LogP contribution in [0.4, 0.5) is 0 Å². The van der Waals surface area contributed by atoms with Gasteiger partial charge in [-0.25, -0.2) is 8.42 Å². The van der Waals surface area contributed by atoms with Crippen LogP contribution < -0.4 is 0 Å². The van der Waals surface area contributed by atoms with Crippen molar-refractivity contribution in [1.82, 2.24) is 9.21 Å². The lowest BCUT2D eigenvalue weighted by Crippen LogP contribution is -2.49. The molecule has 0 N–H and O–H groups in total. The minimum Gasteiger partial charge on any atom is -0.300 e. The minimum atomic E-state index is -3.52. The van der Waals surface area contributed by atoms with Crippen molar-refractivity contribution in [3.05, 3.63) is 59.1 Å². The fourth-order valence-electron chi connectivity index (χ4n) is 3.03. The molecule has 150 valence electrons. The highest BCUT2D eigenvalue weighted by molar-refractivity contribution is 7.99. The first kappa shape index (κ1) is 21.3. The van der Waals surface area contributed by atoms with Gasteiger partial charge >= 0.3 is 0 Å². The number of Topliss-reactive ketones (excluding diaryl/α,β-unsaturated/α-hetero) is 1. The van der Waals surface area contributed by atoms with Crippen LogP contribution in [-0.2, 0) is 10.0 Å². The van der Waals surface area contributed by atoms with Crippen LogP contribution in [-0.4, -0.2) is 61.9 Å². The molecule has 0 spiro atoms. The van der Waals surface area contributed by atoms with Gasteiger partial charge in [-0.15, -0.1) is 11.8 Å². The monoisotopic (exact) mass is 438 g/mol. The molecular formula is C20H23ClN2O3S2. The Bertz CT molecular complexity index is 907. The number of hydrogen-bond acceptors (Lipinski definition) is 5. The van der Waals surface area contributed by atoms with E-state index in [-0.39, 0.29) is 10.7 Å². The van der Waals surface area contributed by atoms with E-state index in [0.29, 0.717) is 31.7 Å². The molecule has 1 heterocycles. The molecular weight excluding hydrogens is 416 g/mol. The van der Waals surface area contributed by atoms with Crippen molar-refractivity contribution in [2.24, 2.45) is 0 Å². The van der Waals surface area contributed by atoms with Gasteiger partial charge in [-0.2, -0.15) is 4.31 Å². The third kappa shape index (κ3) is 5.36. The Hall–Kier alpha value is -1.38. The molecule has 0 unspecified atom stereocenters. The average molecular weight is 439 g/mol. The SMILES string of the molecule is CC(=O)c1ccc(S(=O)(=O)N2CCN(CCSc3ccc(Cl)cc3)CC2)cc1. The van der Waals surface area contributed by atoms with Crippen molar-refractivity contribution in [3.8, 4) is 0 Å². The van der Waals surface area contributed by atoms with Gasteiger partial charge < -0.3 is 0 Å². The van der Waals surface area contributed by atoms with E-state index in [0.717, 1.165) is 17.3 Å². The fourth-order valence-corrected chi connectivity index (χ4v) is 5.49. The number of piperazine rings is 1. The van der Waals surface area contributed by atoms with Crippen molar-refractivity contribution < 1.29 is 13.2 Å². The Morgan fingerprint density at radius 1 is 1.00 bits per heavy atom. The lowest BCUT2D eigenvalue weighted by Gasteiger charge is -2.33. The van der Waals surface area contributed by atoms with Crippen LogP contribution in [0, 0.1) is 0 Å². The van der Waals surface area contributed by atoms with Gasteiger partial charge in [0.1, 0.15) is 0 Å². The summed E-state index contributed by atoms with van der Waals surface area (Å²) in [7, 11) is -3.52. The Kier molecular flexibility index (Phi) is 7.17. The zero-order valence-electron chi connectivity index (χ0n) is 15.7. The summed E-state index contributed by atoms with van der Waals surface area (Å²) < 4.78 is 27.1. The highest BCUT2D eigenvalue weighted by Crippen LogP contribution is 2.22. The van der Waals surface area contributed by atoms with Gasteiger partial charge in [0.2, 0.25) is 10.0 Å². The van der Waals surface area contributed by atoms with Gasteiger partial charge in [-0.05, 0) is 43.3 Å². The van der Waals surface area contributed by atoms with Crippen molar-refractivity contribution in [3.63, 3.8) is 0 Å². The molecule has 1 aliphatic rings. The summed E-state index contributed by atoms with van der Waals surface area (Å²) >= 11 is 7.67. The van der Waals surface area contributed by atoms with E-state index in [1.807, 2.05) is 24.3 Å². The predicted octanol–water partition coefficient (Wildman–Crippen LogP) is 3.64. The van der Waals surface area contributed by atoms with Gasteiger partial charge in [-0.3, -0.25) is 9.69 Å². The third-order valence-electron chi connectivity index (χ3n) is 4.72. The summed E-state index contributed by atoms with van der Waals surface area (Å²) in [6, 6.07) is 14.0. The largest absolute Gasteiger partial charge is 0.300 e. The highest BCUT2D eigenvalue weighted by Gasteiger charge is 2.28. The average Bonchev–Trinajstić information content (AvgIpc) is 2.70. The lowest BCUT2D eigenvalue weighted by atomic mass is 10.2. The quantitative estimate of drug-likeness (QED) is 0.488. The van der Waals surface area contributed by atoms with Crippen LogP contribution in [0.1, 0.15) is 17.3 Å². The summed E-state index contributed by atoms with van der Waals surface area (Å²) in [5, 5.41) is 0.734. The summed E-state index contributed by atoms with van der Waals surface area (Å²) in [5.74, 6) is 0.870. The van der Waals surface area contributed by atoms with E-state index < -0.39 is 10.0 Å². The molecule has 5 nitrogen and oxygen atoms in total. The summed E-state index contributed by atoms with van der Waals surface area (Å²) in [5.41, 5.74) is 0.516. The van der Waals surface area contributed by atoms with Crippen molar-refractivity contribution in [2.45, 2.75) is 16.7 Å².